The number of aromatic nitrogens is 3. The number of hydrogen-bond donors (Lipinski definition) is 0. The molecule has 6 nitrogen and oxygen atoms in total. The lowest BCUT2D eigenvalue weighted by atomic mass is 9.92. The lowest BCUT2D eigenvalue weighted by Crippen LogP contribution is -2.45. The fourth-order valence-corrected chi connectivity index (χ4v) is 3.18. The summed E-state index contributed by atoms with van der Waals surface area (Å²) in [5.41, 5.74) is 0.466. The lowest BCUT2D eigenvalue weighted by Gasteiger charge is -2.35. The minimum Gasteiger partial charge on any atom is -0.341 e. The fraction of sp³-hybridized carbons (Fsp3) is 0.533. The predicted molar refractivity (Wildman–Crippen MR) is 79.0 cm³/mol. The molecule has 0 aromatic carbocycles. The second-order valence-corrected chi connectivity index (χ2v) is 6.13. The molecule has 2 atom stereocenters. The summed E-state index contributed by atoms with van der Waals surface area (Å²) in [6, 6.07) is 3.60. The topological polar surface area (TPSA) is 59.6 Å². The molecular formula is C15H20N4O2. The van der Waals surface area contributed by atoms with Gasteiger partial charge in [0.05, 0.1) is 11.7 Å². The molecule has 2 aromatic rings. The summed E-state index contributed by atoms with van der Waals surface area (Å²) >= 11 is 0. The summed E-state index contributed by atoms with van der Waals surface area (Å²) in [4.78, 5) is 26.5. The Kier molecular flexibility index (Phi) is 3.53. The van der Waals surface area contributed by atoms with E-state index in [1.54, 1.807) is 18.5 Å². The van der Waals surface area contributed by atoms with Gasteiger partial charge in [-0.15, -0.1) is 0 Å². The normalized spacial score (nSPS) is 22.7. The van der Waals surface area contributed by atoms with Crippen molar-refractivity contribution in [2.24, 2.45) is 11.8 Å². The number of hydrogen-bond acceptors (Lipinski definition) is 3. The molecule has 1 aliphatic rings. The van der Waals surface area contributed by atoms with Crippen LogP contribution in [0, 0.1) is 11.8 Å². The highest BCUT2D eigenvalue weighted by Gasteiger charge is 2.25. The fourth-order valence-electron chi connectivity index (χ4n) is 3.18. The minimum absolute atomic E-state index is 0.00634. The van der Waals surface area contributed by atoms with E-state index in [4.69, 9.17) is 0 Å². The van der Waals surface area contributed by atoms with Crippen LogP contribution >= 0.6 is 0 Å². The van der Waals surface area contributed by atoms with E-state index >= 15 is 0 Å². The number of carbonyl (C=O) groups excluding carboxylic acids is 1. The third-order valence-electron chi connectivity index (χ3n) is 4.04. The van der Waals surface area contributed by atoms with Gasteiger partial charge in [0.25, 0.3) is 0 Å². The molecule has 0 N–H and O–H groups in total. The smallest absolute Gasteiger partial charge is 0.341 e. The minimum atomic E-state index is -0.274. The van der Waals surface area contributed by atoms with Crippen molar-refractivity contribution in [3.8, 4) is 0 Å². The second kappa shape index (κ2) is 5.35. The van der Waals surface area contributed by atoms with Crippen LogP contribution in [0.3, 0.4) is 0 Å². The average molecular weight is 288 g/mol. The molecule has 2 aromatic heterocycles. The van der Waals surface area contributed by atoms with E-state index in [9.17, 15) is 9.59 Å². The molecule has 3 heterocycles. The van der Waals surface area contributed by atoms with Crippen molar-refractivity contribution < 1.29 is 4.79 Å². The maximum Gasteiger partial charge on any atom is 0.349 e. The first kappa shape index (κ1) is 13.9. The zero-order valence-electron chi connectivity index (χ0n) is 12.4. The number of piperidine rings is 1. The Morgan fingerprint density at radius 1 is 1.33 bits per heavy atom. The number of amides is 1. The molecule has 1 aliphatic heterocycles. The van der Waals surface area contributed by atoms with Crippen molar-refractivity contribution in [3.63, 3.8) is 0 Å². The summed E-state index contributed by atoms with van der Waals surface area (Å²) in [7, 11) is 0. The zero-order chi connectivity index (χ0) is 15.0. The van der Waals surface area contributed by atoms with Crippen LogP contribution in [-0.4, -0.2) is 38.1 Å². The van der Waals surface area contributed by atoms with Crippen molar-refractivity contribution in [2.75, 3.05) is 13.1 Å². The van der Waals surface area contributed by atoms with E-state index in [1.807, 2.05) is 11.0 Å². The van der Waals surface area contributed by atoms with Crippen LogP contribution in [0.5, 0.6) is 0 Å². The van der Waals surface area contributed by atoms with Gasteiger partial charge in [0.2, 0.25) is 5.91 Å². The van der Waals surface area contributed by atoms with Gasteiger partial charge in [-0.05, 0) is 30.4 Å². The molecule has 0 aliphatic carbocycles. The van der Waals surface area contributed by atoms with Crippen LogP contribution in [0.4, 0.5) is 0 Å². The number of likely N-dealkylation sites (tertiary alicyclic amines) is 1. The van der Waals surface area contributed by atoms with Crippen LogP contribution in [0.2, 0.25) is 0 Å². The van der Waals surface area contributed by atoms with E-state index in [-0.39, 0.29) is 18.1 Å². The van der Waals surface area contributed by atoms with Gasteiger partial charge in [-0.3, -0.25) is 9.20 Å². The SMILES string of the molecule is CC1CC(C)CN(C(=O)Cn2ncc3cccn3c2=O)C1. The Balaban J connectivity index is 1.80. The van der Waals surface area contributed by atoms with Gasteiger partial charge >= 0.3 is 5.69 Å². The van der Waals surface area contributed by atoms with Crippen LogP contribution in [0.1, 0.15) is 20.3 Å². The average Bonchev–Trinajstić information content (AvgIpc) is 2.90. The first-order chi connectivity index (χ1) is 10.0. The molecule has 1 saturated heterocycles. The lowest BCUT2D eigenvalue weighted by molar-refractivity contribution is -0.134. The molecule has 1 fully saturated rings. The molecule has 0 saturated carbocycles. The van der Waals surface area contributed by atoms with Gasteiger partial charge in [-0.25, -0.2) is 9.48 Å². The summed E-state index contributed by atoms with van der Waals surface area (Å²) in [6.07, 6.45) is 4.44. The molecule has 0 bridgehead atoms. The maximum atomic E-state index is 12.4. The van der Waals surface area contributed by atoms with Crippen LogP contribution in [0.15, 0.2) is 29.3 Å². The largest absolute Gasteiger partial charge is 0.349 e. The van der Waals surface area contributed by atoms with Gasteiger partial charge < -0.3 is 4.90 Å². The first-order valence-electron chi connectivity index (χ1n) is 7.35. The van der Waals surface area contributed by atoms with Crippen molar-refractivity contribution in [2.45, 2.75) is 26.8 Å². The third kappa shape index (κ3) is 2.70. The van der Waals surface area contributed by atoms with Crippen LogP contribution < -0.4 is 5.69 Å². The predicted octanol–water partition coefficient (Wildman–Crippen LogP) is 1.00. The first-order valence-corrected chi connectivity index (χ1v) is 7.35. The van der Waals surface area contributed by atoms with Gasteiger partial charge in [-0.1, -0.05) is 13.8 Å². The molecular weight excluding hydrogens is 268 g/mol. The standard InChI is InChI=1S/C15H20N4O2/c1-11-6-12(2)9-17(8-11)14(20)10-19-15(21)18-5-3-4-13(18)7-16-19/h3-5,7,11-12H,6,8-10H2,1-2H3. The highest BCUT2D eigenvalue weighted by molar-refractivity contribution is 5.76. The van der Waals surface area contributed by atoms with E-state index in [2.05, 4.69) is 18.9 Å². The molecule has 1 amide bonds. The van der Waals surface area contributed by atoms with Gasteiger partial charge in [0.1, 0.15) is 6.54 Å². The molecule has 2 unspecified atom stereocenters. The number of nitrogens with zero attached hydrogens (tertiary/aromatic N) is 4. The molecule has 3 rings (SSSR count). The molecule has 112 valence electrons. The van der Waals surface area contributed by atoms with Gasteiger partial charge in [-0.2, -0.15) is 5.10 Å². The number of carbonyl (C=O) groups is 1. The Bertz CT molecular complexity index is 708. The van der Waals surface area contributed by atoms with E-state index in [0.29, 0.717) is 11.8 Å². The molecule has 0 spiro atoms. The van der Waals surface area contributed by atoms with Gasteiger partial charge in [0.15, 0.2) is 0 Å². The Morgan fingerprint density at radius 2 is 2.05 bits per heavy atom. The van der Waals surface area contributed by atoms with Crippen molar-refractivity contribution in [3.05, 3.63) is 35.0 Å². The van der Waals surface area contributed by atoms with E-state index < -0.39 is 0 Å². The van der Waals surface area contributed by atoms with Gasteiger partial charge in [0, 0.05) is 19.3 Å². The summed E-state index contributed by atoms with van der Waals surface area (Å²) in [5.74, 6) is 0.984. The molecule has 6 heteroatoms. The van der Waals surface area contributed by atoms with Crippen molar-refractivity contribution in [1.82, 2.24) is 19.1 Å². The number of fused-ring (bicyclic) bond motifs is 1. The van der Waals surface area contributed by atoms with Crippen molar-refractivity contribution >= 4 is 11.4 Å². The summed E-state index contributed by atoms with van der Waals surface area (Å²) in [5, 5.41) is 4.09. The zero-order valence-corrected chi connectivity index (χ0v) is 12.4. The third-order valence-corrected chi connectivity index (χ3v) is 4.04. The Hall–Kier alpha value is -2.11. The monoisotopic (exact) mass is 288 g/mol. The highest BCUT2D eigenvalue weighted by atomic mass is 16.2. The van der Waals surface area contributed by atoms with Crippen LogP contribution in [-0.2, 0) is 11.3 Å². The van der Waals surface area contributed by atoms with E-state index in [1.165, 1.54) is 9.08 Å². The summed E-state index contributed by atoms with van der Waals surface area (Å²) in [6.45, 7) is 5.86. The molecule has 21 heavy (non-hydrogen) atoms. The second-order valence-electron chi connectivity index (χ2n) is 6.13. The molecule has 0 radical (unpaired) electrons. The summed E-state index contributed by atoms with van der Waals surface area (Å²) < 4.78 is 2.74. The Morgan fingerprint density at radius 3 is 2.76 bits per heavy atom. The Labute approximate surface area is 123 Å². The maximum absolute atomic E-state index is 12.4. The van der Waals surface area contributed by atoms with Crippen LogP contribution in [0.25, 0.3) is 5.52 Å². The van der Waals surface area contributed by atoms with E-state index in [0.717, 1.165) is 25.0 Å². The quantitative estimate of drug-likeness (QED) is 0.828. The van der Waals surface area contributed by atoms with Crippen molar-refractivity contribution in [1.29, 1.82) is 0 Å². The highest BCUT2D eigenvalue weighted by Crippen LogP contribution is 2.20. The number of rotatable bonds is 2.